The summed E-state index contributed by atoms with van der Waals surface area (Å²) < 4.78 is 4.92. The zero-order valence-electron chi connectivity index (χ0n) is 8.40. The average Bonchev–Trinajstić information content (AvgIpc) is 2.48. The number of nitrogens with zero attached hydrogens (tertiary/aromatic N) is 1. The number of amides is 1. The molecular weight excluding hydrogens is 186 g/mol. The number of hydrogen-bond donors (Lipinski definition) is 1. The molecule has 0 saturated carbocycles. The third-order valence-corrected chi connectivity index (χ3v) is 2.45. The van der Waals surface area contributed by atoms with Crippen molar-refractivity contribution in [2.45, 2.75) is 19.4 Å². The van der Waals surface area contributed by atoms with Crippen LogP contribution in [0, 0.1) is 5.92 Å². The third-order valence-electron chi connectivity index (χ3n) is 2.45. The maximum absolute atomic E-state index is 11.4. The van der Waals surface area contributed by atoms with Gasteiger partial charge in [0.25, 0.3) is 0 Å². The van der Waals surface area contributed by atoms with Crippen molar-refractivity contribution in [1.29, 1.82) is 0 Å². The van der Waals surface area contributed by atoms with Crippen LogP contribution in [0.4, 0.5) is 0 Å². The van der Waals surface area contributed by atoms with E-state index in [1.54, 1.807) is 12.0 Å². The molecule has 0 aliphatic carbocycles. The van der Waals surface area contributed by atoms with Gasteiger partial charge in [-0.25, -0.2) is 0 Å². The van der Waals surface area contributed by atoms with E-state index in [1.165, 1.54) is 0 Å². The van der Waals surface area contributed by atoms with E-state index >= 15 is 0 Å². The Bertz CT molecular complexity index is 241. The topological polar surface area (TPSA) is 66.8 Å². The number of hydrogen-bond acceptors (Lipinski definition) is 3. The van der Waals surface area contributed by atoms with Crippen LogP contribution in [0.2, 0.25) is 0 Å². The highest BCUT2D eigenvalue weighted by Gasteiger charge is 2.36. The molecule has 2 atom stereocenters. The van der Waals surface area contributed by atoms with E-state index in [2.05, 4.69) is 0 Å². The van der Waals surface area contributed by atoms with E-state index < -0.39 is 11.9 Å². The van der Waals surface area contributed by atoms with Crippen molar-refractivity contribution in [1.82, 2.24) is 4.90 Å². The Morgan fingerprint density at radius 2 is 2.43 bits per heavy atom. The molecule has 1 fully saturated rings. The average molecular weight is 201 g/mol. The van der Waals surface area contributed by atoms with Gasteiger partial charge in [0.1, 0.15) is 0 Å². The summed E-state index contributed by atoms with van der Waals surface area (Å²) in [6.45, 7) is 2.60. The Balaban J connectivity index is 2.56. The van der Waals surface area contributed by atoms with Crippen molar-refractivity contribution < 1.29 is 19.4 Å². The van der Waals surface area contributed by atoms with Crippen LogP contribution in [-0.2, 0) is 14.3 Å². The minimum absolute atomic E-state index is 0.0446. The summed E-state index contributed by atoms with van der Waals surface area (Å²) in [5.41, 5.74) is 0. The zero-order chi connectivity index (χ0) is 10.7. The van der Waals surface area contributed by atoms with Crippen LogP contribution >= 0.6 is 0 Å². The first-order valence-corrected chi connectivity index (χ1v) is 4.57. The number of carboxylic acid groups (broad SMARTS) is 1. The molecule has 0 bridgehead atoms. The highest BCUT2D eigenvalue weighted by atomic mass is 16.5. The van der Waals surface area contributed by atoms with Crippen molar-refractivity contribution in [3.8, 4) is 0 Å². The Labute approximate surface area is 82.6 Å². The summed E-state index contributed by atoms with van der Waals surface area (Å²) in [5.74, 6) is -1.55. The molecule has 0 radical (unpaired) electrons. The lowest BCUT2D eigenvalue weighted by atomic mass is 10.1. The quantitative estimate of drug-likeness (QED) is 0.692. The molecule has 5 nitrogen and oxygen atoms in total. The molecule has 1 rings (SSSR count). The molecule has 0 aromatic carbocycles. The molecule has 0 aromatic rings. The first-order chi connectivity index (χ1) is 6.56. The fourth-order valence-electron chi connectivity index (χ4n) is 1.65. The lowest BCUT2D eigenvalue weighted by Crippen LogP contribution is -2.37. The van der Waals surface area contributed by atoms with Gasteiger partial charge < -0.3 is 14.7 Å². The number of rotatable bonds is 4. The van der Waals surface area contributed by atoms with E-state index in [0.717, 1.165) is 0 Å². The van der Waals surface area contributed by atoms with Crippen molar-refractivity contribution in [3.05, 3.63) is 0 Å². The predicted octanol–water partition coefficient (Wildman–Crippen LogP) is -0.0456. The second kappa shape index (κ2) is 4.41. The number of likely N-dealkylation sites (tertiary alicyclic amines) is 1. The third kappa shape index (κ3) is 2.23. The van der Waals surface area contributed by atoms with Crippen LogP contribution in [-0.4, -0.2) is 48.2 Å². The highest BCUT2D eigenvalue weighted by molar-refractivity contribution is 5.86. The summed E-state index contributed by atoms with van der Waals surface area (Å²) in [6.07, 6.45) is 0.114. The fraction of sp³-hybridized carbons (Fsp3) is 0.778. The smallest absolute Gasteiger partial charge is 0.308 e. The Morgan fingerprint density at radius 3 is 2.86 bits per heavy atom. The minimum atomic E-state index is -0.898. The van der Waals surface area contributed by atoms with Crippen molar-refractivity contribution in [2.24, 2.45) is 5.92 Å². The van der Waals surface area contributed by atoms with Crippen LogP contribution in [0.15, 0.2) is 0 Å². The molecule has 14 heavy (non-hydrogen) atoms. The lowest BCUT2D eigenvalue weighted by molar-refractivity contribution is -0.141. The molecule has 80 valence electrons. The number of ether oxygens (including phenoxy) is 1. The first kappa shape index (κ1) is 11.0. The van der Waals surface area contributed by atoms with Gasteiger partial charge in [-0.3, -0.25) is 9.59 Å². The maximum atomic E-state index is 11.4. The monoisotopic (exact) mass is 201 g/mol. The van der Waals surface area contributed by atoms with E-state index in [-0.39, 0.29) is 18.4 Å². The molecule has 1 aliphatic heterocycles. The molecule has 0 spiro atoms. The molecule has 1 saturated heterocycles. The second-order valence-electron chi connectivity index (χ2n) is 3.59. The van der Waals surface area contributed by atoms with Crippen LogP contribution in [0.3, 0.4) is 0 Å². The Morgan fingerprint density at radius 1 is 1.79 bits per heavy atom. The summed E-state index contributed by atoms with van der Waals surface area (Å²) in [6, 6.07) is -0.0446. The molecule has 1 N–H and O–H groups in total. The Kier molecular flexibility index (Phi) is 3.46. The second-order valence-corrected chi connectivity index (χ2v) is 3.59. The van der Waals surface area contributed by atoms with Gasteiger partial charge in [0.2, 0.25) is 5.91 Å². The van der Waals surface area contributed by atoms with Crippen molar-refractivity contribution >= 4 is 11.9 Å². The van der Waals surface area contributed by atoms with Gasteiger partial charge in [0.15, 0.2) is 0 Å². The van der Waals surface area contributed by atoms with Crippen molar-refractivity contribution in [3.63, 3.8) is 0 Å². The standard InChI is InChI=1S/C9H15NO4/c1-6(5-14-2)10-4-7(9(12)13)3-8(10)11/h6-7H,3-5H2,1-2H3,(H,12,13)/t6-,7+/m0/s1. The van der Waals surface area contributed by atoms with Gasteiger partial charge in [-0.15, -0.1) is 0 Å². The predicted molar refractivity (Wildman–Crippen MR) is 48.8 cm³/mol. The summed E-state index contributed by atoms with van der Waals surface area (Å²) in [4.78, 5) is 23.6. The number of carboxylic acids is 1. The molecular formula is C9H15NO4. The SMILES string of the molecule is COC[C@H](C)N1C[C@H](C(=O)O)CC1=O. The van der Waals surface area contributed by atoms with E-state index in [4.69, 9.17) is 9.84 Å². The van der Waals surface area contributed by atoms with Gasteiger partial charge in [0.05, 0.1) is 18.6 Å². The summed E-state index contributed by atoms with van der Waals surface area (Å²) in [7, 11) is 1.56. The summed E-state index contributed by atoms with van der Waals surface area (Å²) in [5, 5.41) is 8.75. The highest BCUT2D eigenvalue weighted by Crippen LogP contribution is 2.20. The van der Waals surface area contributed by atoms with Gasteiger partial charge in [0, 0.05) is 20.1 Å². The van der Waals surface area contributed by atoms with Crippen LogP contribution in [0.25, 0.3) is 0 Å². The van der Waals surface area contributed by atoms with E-state index in [1.807, 2.05) is 6.92 Å². The van der Waals surface area contributed by atoms with Crippen LogP contribution in [0.1, 0.15) is 13.3 Å². The van der Waals surface area contributed by atoms with E-state index in [0.29, 0.717) is 13.2 Å². The first-order valence-electron chi connectivity index (χ1n) is 4.57. The normalized spacial score (nSPS) is 24.0. The van der Waals surface area contributed by atoms with Gasteiger partial charge in [-0.2, -0.15) is 0 Å². The minimum Gasteiger partial charge on any atom is -0.481 e. The van der Waals surface area contributed by atoms with Gasteiger partial charge in [-0.1, -0.05) is 0 Å². The zero-order valence-corrected chi connectivity index (χ0v) is 8.40. The van der Waals surface area contributed by atoms with Crippen molar-refractivity contribution in [2.75, 3.05) is 20.3 Å². The molecule has 1 amide bonds. The number of carbonyl (C=O) groups excluding carboxylic acids is 1. The summed E-state index contributed by atoms with van der Waals surface area (Å²) >= 11 is 0. The number of carbonyl (C=O) groups is 2. The fourth-order valence-corrected chi connectivity index (χ4v) is 1.65. The Hall–Kier alpha value is -1.10. The number of aliphatic carboxylic acids is 1. The molecule has 0 unspecified atom stereocenters. The van der Waals surface area contributed by atoms with Gasteiger partial charge in [-0.05, 0) is 6.92 Å². The van der Waals surface area contributed by atoms with Crippen LogP contribution < -0.4 is 0 Å². The van der Waals surface area contributed by atoms with E-state index in [9.17, 15) is 9.59 Å². The molecule has 1 aliphatic rings. The molecule has 1 heterocycles. The number of methoxy groups -OCH3 is 1. The molecule has 5 heteroatoms. The molecule has 0 aromatic heterocycles. The largest absolute Gasteiger partial charge is 0.481 e. The van der Waals surface area contributed by atoms with Crippen LogP contribution in [0.5, 0.6) is 0 Å². The lowest BCUT2D eigenvalue weighted by Gasteiger charge is -2.23. The van der Waals surface area contributed by atoms with Gasteiger partial charge >= 0.3 is 5.97 Å². The maximum Gasteiger partial charge on any atom is 0.308 e.